The minimum absolute atomic E-state index is 0.274. The van der Waals surface area contributed by atoms with Crippen LogP contribution in [0.15, 0.2) is 42.5 Å². The fraction of sp³-hybridized carbons (Fsp3) is 0.292. The van der Waals surface area contributed by atoms with E-state index in [4.69, 9.17) is 4.74 Å². The Hall–Kier alpha value is -3.55. The van der Waals surface area contributed by atoms with Crippen LogP contribution in [0.4, 0.5) is 8.78 Å². The normalized spacial score (nSPS) is 11.8. The van der Waals surface area contributed by atoms with E-state index in [1.165, 1.54) is 13.2 Å². The molecular weight excluding hydrogens is 416 g/mol. The summed E-state index contributed by atoms with van der Waals surface area (Å²) in [6.45, 7) is 5.51. The van der Waals surface area contributed by atoms with E-state index in [2.05, 4.69) is 10.4 Å². The van der Waals surface area contributed by atoms with E-state index in [-0.39, 0.29) is 18.3 Å². The minimum atomic E-state index is -0.955. The summed E-state index contributed by atoms with van der Waals surface area (Å²) in [7, 11) is 1.36. The van der Waals surface area contributed by atoms with Gasteiger partial charge in [-0.15, -0.1) is 0 Å². The van der Waals surface area contributed by atoms with Gasteiger partial charge < -0.3 is 10.1 Å². The number of nitrogens with one attached hydrogen (secondary N) is 1. The van der Waals surface area contributed by atoms with Crippen LogP contribution in [0.2, 0.25) is 0 Å². The first-order chi connectivity index (χ1) is 15.2. The fourth-order valence-electron chi connectivity index (χ4n) is 3.52. The summed E-state index contributed by atoms with van der Waals surface area (Å²) in [5.74, 6) is -2.49. The SMILES string of the molecule is COC(=O)CCc1c(C)nn(-c2ccc(C(=O)NC(C)c3ccc(F)c(F)c3)cc2)c1C. The second kappa shape index (κ2) is 9.72. The van der Waals surface area contributed by atoms with Gasteiger partial charge in [0.05, 0.1) is 24.5 Å². The standard InChI is InChI=1S/C24H25F2N3O3/c1-14(18-7-11-21(25)22(26)13-18)27-24(31)17-5-8-19(9-6-17)29-16(3)20(15(2)28-29)10-12-23(30)32-4/h5-9,11,13-14H,10,12H2,1-4H3,(H,27,31). The molecule has 0 spiro atoms. The van der Waals surface area contributed by atoms with Gasteiger partial charge in [0.15, 0.2) is 11.6 Å². The number of aryl methyl sites for hydroxylation is 1. The molecular formula is C24H25F2N3O3. The summed E-state index contributed by atoms with van der Waals surface area (Å²) in [5, 5.41) is 7.34. The van der Waals surface area contributed by atoms with Gasteiger partial charge in [-0.1, -0.05) is 6.07 Å². The summed E-state index contributed by atoms with van der Waals surface area (Å²) < 4.78 is 33.1. The summed E-state index contributed by atoms with van der Waals surface area (Å²) in [4.78, 5) is 24.0. The van der Waals surface area contributed by atoms with Crippen molar-refractivity contribution in [2.75, 3.05) is 7.11 Å². The van der Waals surface area contributed by atoms with Crippen LogP contribution in [0.5, 0.6) is 0 Å². The highest BCUT2D eigenvalue weighted by atomic mass is 19.2. The van der Waals surface area contributed by atoms with Crippen molar-refractivity contribution in [2.24, 2.45) is 0 Å². The molecule has 168 valence electrons. The molecule has 0 aliphatic heterocycles. The maximum atomic E-state index is 13.5. The number of rotatable bonds is 7. The molecule has 0 saturated carbocycles. The topological polar surface area (TPSA) is 73.2 Å². The molecule has 1 heterocycles. The van der Waals surface area contributed by atoms with Crippen molar-refractivity contribution >= 4 is 11.9 Å². The molecule has 0 fully saturated rings. The monoisotopic (exact) mass is 441 g/mol. The molecule has 0 aliphatic rings. The molecule has 2 aromatic carbocycles. The number of hydrogen-bond acceptors (Lipinski definition) is 4. The highest BCUT2D eigenvalue weighted by Crippen LogP contribution is 2.21. The van der Waals surface area contributed by atoms with Crippen LogP contribution < -0.4 is 5.32 Å². The Morgan fingerprint density at radius 1 is 1.09 bits per heavy atom. The van der Waals surface area contributed by atoms with Gasteiger partial charge in [0.1, 0.15) is 0 Å². The van der Waals surface area contributed by atoms with Crippen LogP contribution in [0.25, 0.3) is 5.69 Å². The average Bonchev–Trinajstić information content (AvgIpc) is 3.07. The molecule has 3 aromatic rings. The molecule has 6 nitrogen and oxygen atoms in total. The molecule has 1 atom stereocenters. The number of halogens is 2. The Bertz CT molecular complexity index is 1140. The summed E-state index contributed by atoms with van der Waals surface area (Å²) in [6, 6.07) is 9.96. The second-order valence-corrected chi connectivity index (χ2v) is 7.55. The molecule has 8 heteroatoms. The largest absolute Gasteiger partial charge is 0.469 e. The number of nitrogens with zero attached hydrogens (tertiary/aromatic N) is 2. The van der Waals surface area contributed by atoms with Gasteiger partial charge in [-0.05, 0) is 74.7 Å². The van der Waals surface area contributed by atoms with E-state index in [9.17, 15) is 18.4 Å². The molecule has 0 bridgehead atoms. The Labute approximate surface area is 185 Å². The predicted octanol–water partition coefficient (Wildman–Crippen LogP) is 4.36. The van der Waals surface area contributed by atoms with E-state index < -0.39 is 17.7 Å². The third-order valence-corrected chi connectivity index (χ3v) is 5.41. The molecule has 1 aromatic heterocycles. The lowest BCUT2D eigenvalue weighted by atomic mass is 10.1. The molecule has 0 aliphatic carbocycles. The number of esters is 1. The summed E-state index contributed by atoms with van der Waals surface area (Å²) >= 11 is 0. The number of aromatic nitrogens is 2. The highest BCUT2D eigenvalue weighted by Gasteiger charge is 2.16. The number of amides is 1. The van der Waals surface area contributed by atoms with Crippen molar-refractivity contribution < 1.29 is 23.1 Å². The number of carbonyl (C=O) groups excluding carboxylic acids is 2. The first-order valence-electron chi connectivity index (χ1n) is 10.2. The molecule has 0 saturated heterocycles. The lowest BCUT2D eigenvalue weighted by molar-refractivity contribution is -0.140. The van der Waals surface area contributed by atoms with E-state index in [1.54, 1.807) is 35.9 Å². The minimum Gasteiger partial charge on any atom is -0.469 e. The van der Waals surface area contributed by atoms with Crippen molar-refractivity contribution in [2.45, 2.75) is 39.7 Å². The highest BCUT2D eigenvalue weighted by molar-refractivity contribution is 5.94. The first kappa shape index (κ1) is 23.1. The van der Waals surface area contributed by atoms with Gasteiger partial charge in [0, 0.05) is 17.7 Å². The van der Waals surface area contributed by atoms with E-state index in [1.807, 2.05) is 13.8 Å². The Morgan fingerprint density at radius 2 is 1.78 bits per heavy atom. The van der Waals surface area contributed by atoms with Gasteiger partial charge in [-0.3, -0.25) is 9.59 Å². The predicted molar refractivity (Wildman–Crippen MR) is 116 cm³/mol. The zero-order valence-corrected chi connectivity index (χ0v) is 18.4. The second-order valence-electron chi connectivity index (χ2n) is 7.55. The Morgan fingerprint density at radius 3 is 2.41 bits per heavy atom. The van der Waals surface area contributed by atoms with Crippen LogP contribution >= 0.6 is 0 Å². The number of benzene rings is 2. The lowest BCUT2D eigenvalue weighted by Crippen LogP contribution is -2.26. The van der Waals surface area contributed by atoms with Gasteiger partial charge in [-0.2, -0.15) is 5.10 Å². The fourth-order valence-corrected chi connectivity index (χ4v) is 3.52. The van der Waals surface area contributed by atoms with Crippen molar-refractivity contribution in [3.05, 3.63) is 82.2 Å². The van der Waals surface area contributed by atoms with E-state index >= 15 is 0 Å². The smallest absolute Gasteiger partial charge is 0.305 e. The summed E-state index contributed by atoms with van der Waals surface area (Å²) in [5.41, 5.74) is 4.40. The van der Waals surface area contributed by atoms with Crippen molar-refractivity contribution in [3.8, 4) is 5.69 Å². The number of hydrogen-bond donors (Lipinski definition) is 1. The molecule has 1 N–H and O–H groups in total. The van der Waals surface area contributed by atoms with Crippen molar-refractivity contribution in [3.63, 3.8) is 0 Å². The summed E-state index contributed by atoms with van der Waals surface area (Å²) in [6.07, 6.45) is 0.811. The van der Waals surface area contributed by atoms with Gasteiger partial charge in [-0.25, -0.2) is 13.5 Å². The average molecular weight is 441 g/mol. The number of carbonyl (C=O) groups is 2. The number of ether oxygens (including phenoxy) is 1. The maximum Gasteiger partial charge on any atom is 0.305 e. The van der Waals surface area contributed by atoms with Crippen molar-refractivity contribution in [1.29, 1.82) is 0 Å². The van der Waals surface area contributed by atoms with Crippen LogP contribution in [-0.2, 0) is 16.0 Å². The quantitative estimate of drug-likeness (QED) is 0.553. The molecule has 3 rings (SSSR count). The maximum absolute atomic E-state index is 13.5. The zero-order chi connectivity index (χ0) is 23.4. The van der Waals surface area contributed by atoms with E-state index in [0.717, 1.165) is 34.8 Å². The van der Waals surface area contributed by atoms with Gasteiger partial charge in [0.25, 0.3) is 5.91 Å². The Balaban J connectivity index is 1.72. The first-order valence-corrected chi connectivity index (χ1v) is 10.2. The lowest BCUT2D eigenvalue weighted by Gasteiger charge is -2.15. The molecule has 1 unspecified atom stereocenters. The Kier molecular flexibility index (Phi) is 7.02. The van der Waals surface area contributed by atoms with Crippen LogP contribution in [0, 0.1) is 25.5 Å². The van der Waals surface area contributed by atoms with Gasteiger partial charge >= 0.3 is 5.97 Å². The third-order valence-electron chi connectivity index (χ3n) is 5.41. The van der Waals surface area contributed by atoms with E-state index in [0.29, 0.717) is 17.5 Å². The van der Waals surface area contributed by atoms with Crippen molar-refractivity contribution in [1.82, 2.24) is 15.1 Å². The molecule has 0 radical (unpaired) electrons. The zero-order valence-electron chi connectivity index (χ0n) is 18.4. The third kappa shape index (κ3) is 5.01. The number of methoxy groups -OCH3 is 1. The molecule has 1 amide bonds. The molecule has 32 heavy (non-hydrogen) atoms. The van der Waals surface area contributed by atoms with Crippen LogP contribution in [0.3, 0.4) is 0 Å². The van der Waals surface area contributed by atoms with Crippen LogP contribution in [0.1, 0.15) is 52.3 Å². The van der Waals surface area contributed by atoms with Crippen LogP contribution in [-0.4, -0.2) is 28.8 Å². The van der Waals surface area contributed by atoms with Gasteiger partial charge in [0.2, 0.25) is 0 Å².